The fourth-order valence-electron chi connectivity index (χ4n) is 4.22. The summed E-state index contributed by atoms with van der Waals surface area (Å²) in [6.07, 6.45) is 3.41. The third-order valence-corrected chi connectivity index (χ3v) is 6.24. The number of fused-ring (bicyclic) bond motifs is 1. The van der Waals surface area contributed by atoms with Gasteiger partial charge in [0.2, 0.25) is 0 Å². The topological polar surface area (TPSA) is 40.5 Å². The number of hydrogen-bond acceptors (Lipinski definition) is 2. The molecule has 3 rings (SSSR count). The summed E-state index contributed by atoms with van der Waals surface area (Å²) >= 11 is 0. The fourth-order valence-corrected chi connectivity index (χ4v) is 4.22. The van der Waals surface area contributed by atoms with Crippen LogP contribution in [-0.4, -0.2) is 10.2 Å². The molecule has 2 heteroatoms. The molecule has 0 bridgehead atoms. The number of benzene rings is 2. The van der Waals surface area contributed by atoms with Crippen LogP contribution in [0.5, 0.6) is 5.75 Å². The van der Waals surface area contributed by atoms with Crippen molar-refractivity contribution in [1.29, 1.82) is 0 Å². The Balaban J connectivity index is 1.87. The number of phenolic OH excluding ortho intramolecular Hbond substituents is 1. The van der Waals surface area contributed by atoms with Crippen molar-refractivity contribution in [2.45, 2.75) is 77.2 Å². The predicted molar refractivity (Wildman–Crippen MR) is 108 cm³/mol. The molecule has 0 spiro atoms. The molecule has 2 nitrogen and oxygen atoms in total. The summed E-state index contributed by atoms with van der Waals surface area (Å²) in [5, 5.41) is 20.3. The lowest BCUT2D eigenvalue weighted by atomic mass is 9.62. The minimum atomic E-state index is -0.463. The number of phenols is 1. The quantitative estimate of drug-likeness (QED) is 0.739. The Hall–Kier alpha value is -1.80. The second kappa shape index (κ2) is 6.74. The largest absolute Gasteiger partial charge is 0.508 e. The van der Waals surface area contributed by atoms with Gasteiger partial charge >= 0.3 is 0 Å². The molecule has 0 saturated carbocycles. The van der Waals surface area contributed by atoms with Crippen LogP contribution in [0.1, 0.15) is 80.9 Å². The highest BCUT2D eigenvalue weighted by atomic mass is 16.3. The van der Waals surface area contributed by atoms with Gasteiger partial charge in [-0.05, 0) is 83.4 Å². The molecule has 0 heterocycles. The van der Waals surface area contributed by atoms with Crippen LogP contribution >= 0.6 is 0 Å². The molecule has 1 aliphatic carbocycles. The van der Waals surface area contributed by atoms with Crippen molar-refractivity contribution in [2.24, 2.45) is 0 Å². The van der Waals surface area contributed by atoms with E-state index in [9.17, 15) is 10.2 Å². The number of hydrogen-bond donors (Lipinski definition) is 2. The van der Waals surface area contributed by atoms with Crippen molar-refractivity contribution in [3.05, 3.63) is 64.2 Å². The van der Waals surface area contributed by atoms with E-state index in [-0.39, 0.29) is 16.6 Å². The van der Waals surface area contributed by atoms with E-state index in [2.05, 4.69) is 46.8 Å². The highest BCUT2D eigenvalue weighted by molar-refractivity contribution is 5.47. The Morgan fingerprint density at radius 2 is 1.46 bits per heavy atom. The molecular weight excluding hydrogens is 320 g/mol. The van der Waals surface area contributed by atoms with E-state index < -0.39 is 6.10 Å². The lowest BCUT2D eigenvalue weighted by Gasteiger charge is -2.42. The summed E-state index contributed by atoms with van der Waals surface area (Å²) in [5.74, 6) is 0.282. The Morgan fingerprint density at radius 3 is 2.04 bits per heavy atom. The van der Waals surface area contributed by atoms with Crippen molar-refractivity contribution in [1.82, 2.24) is 0 Å². The van der Waals surface area contributed by atoms with E-state index in [1.54, 1.807) is 12.1 Å². The first-order chi connectivity index (χ1) is 12.1. The zero-order valence-electron chi connectivity index (χ0n) is 16.8. The maximum absolute atomic E-state index is 10.9. The zero-order chi connectivity index (χ0) is 19.1. The molecule has 1 unspecified atom stereocenters. The highest BCUT2D eigenvalue weighted by Crippen LogP contribution is 2.47. The van der Waals surface area contributed by atoms with Crippen LogP contribution < -0.4 is 0 Å². The predicted octanol–water partition coefficient (Wildman–Crippen LogP) is 5.72. The minimum Gasteiger partial charge on any atom is -0.508 e. The summed E-state index contributed by atoms with van der Waals surface area (Å²) in [5.41, 5.74) is 6.59. The lowest BCUT2D eigenvalue weighted by Crippen LogP contribution is -2.34. The summed E-state index contributed by atoms with van der Waals surface area (Å²) in [4.78, 5) is 0. The SMILES string of the molecule is Cc1cc2c(cc1C(O)CCc1ccc(O)cc1)C(C)(C)CCC2(C)C. The first-order valence-electron chi connectivity index (χ1n) is 9.72. The molecule has 2 aromatic rings. The van der Waals surface area contributed by atoms with Gasteiger partial charge < -0.3 is 10.2 Å². The third-order valence-electron chi connectivity index (χ3n) is 6.24. The first-order valence-corrected chi connectivity index (χ1v) is 9.72. The Labute approximate surface area is 157 Å². The number of aliphatic hydroxyl groups excluding tert-OH is 1. The first kappa shape index (κ1) is 19.0. The highest BCUT2D eigenvalue weighted by Gasteiger charge is 2.37. The average molecular weight is 353 g/mol. The van der Waals surface area contributed by atoms with Gasteiger partial charge in [0, 0.05) is 0 Å². The molecule has 0 saturated heterocycles. The van der Waals surface area contributed by atoms with Gasteiger partial charge in [-0.3, -0.25) is 0 Å². The molecule has 0 aromatic heterocycles. The van der Waals surface area contributed by atoms with Crippen LogP contribution in [0, 0.1) is 6.92 Å². The van der Waals surface area contributed by atoms with Gasteiger partial charge in [0.15, 0.2) is 0 Å². The second-order valence-electron chi connectivity index (χ2n) is 9.24. The third kappa shape index (κ3) is 3.66. The van der Waals surface area contributed by atoms with Gasteiger partial charge in [0.25, 0.3) is 0 Å². The number of aryl methyl sites for hydroxylation is 2. The zero-order valence-corrected chi connectivity index (χ0v) is 16.8. The van der Waals surface area contributed by atoms with E-state index in [1.807, 2.05) is 12.1 Å². The Morgan fingerprint density at radius 1 is 0.923 bits per heavy atom. The molecule has 1 aliphatic rings. The summed E-state index contributed by atoms with van der Waals surface area (Å²) in [6.45, 7) is 11.4. The fraction of sp³-hybridized carbons (Fsp3) is 0.500. The number of aromatic hydroxyl groups is 1. The van der Waals surface area contributed by atoms with E-state index >= 15 is 0 Å². The number of aliphatic hydroxyl groups is 1. The molecule has 0 fully saturated rings. The van der Waals surface area contributed by atoms with E-state index in [0.29, 0.717) is 6.42 Å². The molecule has 2 N–H and O–H groups in total. The second-order valence-corrected chi connectivity index (χ2v) is 9.24. The molecule has 0 radical (unpaired) electrons. The normalized spacial score (nSPS) is 19.0. The molecule has 26 heavy (non-hydrogen) atoms. The van der Waals surface area contributed by atoms with E-state index in [4.69, 9.17) is 0 Å². The van der Waals surface area contributed by atoms with Gasteiger partial charge in [-0.2, -0.15) is 0 Å². The van der Waals surface area contributed by atoms with Crippen molar-refractivity contribution >= 4 is 0 Å². The minimum absolute atomic E-state index is 0.157. The standard InChI is InChI=1S/C24H32O2/c1-16-14-20-21(24(4,5)13-12-23(20,2)3)15-19(16)22(26)11-8-17-6-9-18(25)10-7-17/h6-7,9-10,14-15,22,25-26H,8,11-13H2,1-5H3. The van der Waals surface area contributed by atoms with Crippen molar-refractivity contribution in [3.8, 4) is 5.75 Å². The summed E-state index contributed by atoms with van der Waals surface area (Å²) in [7, 11) is 0. The monoisotopic (exact) mass is 352 g/mol. The van der Waals surface area contributed by atoms with E-state index in [1.165, 1.54) is 29.5 Å². The van der Waals surface area contributed by atoms with Gasteiger partial charge in [-0.1, -0.05) is 52.0 Å². The number of rotatable bonds is 4. The molecule has 140 valence electrons. The van der Waals surface area contributed by atoms with Crippen LogP contribution in [0.25, 0.3) is 0 Å². The van der Waals surface area contributed by atoms with Crippen LogP contribution in [0.15, 0.2) is 36.4 Å². The smallest absolute Gasteiger partial charge is 0.115 e. The Kier molecular flexibility index (Phi) is 4.92. The molecular formula is C24H32O2. The molecule has 0 amide bonds. The Bertz CT molecular complexity index is 785. The van der Waals surface area contributed by atoms with Crippen LogP contribution in [0.3, 0.4) is 0 Å². The van der Waals surface area contributed by atoms with Crippen LogP contribution in [-0.2, 0) is 17.3 Å². The summed E-state index contributed by atoms with van der Waals surface area (Å²) in [6, 6.07) is 11.8. The molecule has 2 aromatic carbocycles. The average Bonchev–Trinajstić information content (AvgIpc) is 2.58. The maximum atomic E-state index is 10.9. The molecule has 1 atom stereocenters. The lowest BCUT2D eigenvalue weighted by molar-refractivity contribution is 0.166. The van der Waals surface area contributed by atoms with Crippen molar-refractivity contribution in [3.63, 3.8) is 0 Å². The van der Waals surface area contributed by atoms with Crippen LogP contribution in [0.4, 0.5) is 0 Å². The molecule has 0 aliphatic heterocycles. The summed E-state index contributed by atoms with van der Waals surface area (Å²) < 4.78 is 0. The van der Waals surface area contributed by atoms with Crippen molar-refractivity contribution < 1.29 is 10.2 Å². The maximum Gasteiger partial charge on any atom is 0.115 e. The van der Waals surface area contributed by atoms with Gasteiger partial charge in [0.1, 0.15) is 5.75 Å². The van der Waals surface area contributed by atoms with Gasteiger partial charge in [0.05, 0.1) is 6.10 Å². The van der Waals surface area contributed by atoms with Crippen molar-refractivity contribution in [2.75, 3.05) is 0 Å². The van der Waals surface area contributed by atoms with Gasteiger partial charge in [-0.25, -0.2) is 0 Å². The van der Waals surface area contributed by atoms with Crippen LogP contribution in [0.2, 0.25) is 0 Å². The van der Waals surface area contributed by atoms with E-state index in [0.717, 1.165) is 17.5 Å². The van der Waals surface area contributed by atoms with Gasteiger partial charge in [-0.15, -0.1) is 0 Å².